The molecule has 0 radical (unpaired) electrons. The van der Waals surface area contributed by atoms with Gasteiger partial charge in [0.1, 0.15) is 11.9 Å². The summed E-state index contributed by atoms with van der Waals surface area (Å²) in [5.41, 5.74) is 0.263. The number of carboxylic acid groups (broad SMARTS) is 1. The predicted octanol–water partition coefficient (Wildman–Crippen LogP) is 2.39. The number of halogens is 1. The van der Waals surface area contributed by atoms with E-state index in [1.807, 2.05) is 11.0 Å². The molecule has 1 saturated heterocycles. The van der Waals surface area contributed by atoms with Crippen LogP contribution in [0.2, 0.25) is 0 Å². The van der Waals surface area contributed by atoms with E-state index in [1.165, 1.54) is 12.1 Å². The third kappa shape index (κ3) is 2.53. The lowest BCUT2D eigenvalue weighted by molar-refractivity contribution is -0.149. The lowest BCUT2D eigenvalue weighted by Gasteiger charge is -2.38. The molecule has 1 fully saturated rings. The molecule has 1 aromatic carbocycles. The fourth-order valence-corrected chi connectivity index (χ4v) is 2.33. The molecule has 0 saturated carbocycles. The van der Waals surface area contributed by atoms with Gasteiger partial charge in [-0.05, 0) is 38.0 Å². The molecule has 5 heteroatoms. The van der Waals surface area contributed by atoms with Crippen molar-refractivity contribution in [3.63, 3.8) is 0 Å². The van der Waals surface area contributed by atoms with Gasteiger partial charge in [-0.15, -0.1) is 0 Å². The van der Waals surface area contributed by atoms with E-state index < -0.39 is 17.2 Å². The van der Waals surface area contributed by atoms with Crippen molar-refractivity contribution in [2.45, 2.75) is 19.8 Å². The highest BCUT2D eigenvalue weighted by molar-refractivity contribution is 5.74. The summed E-state index contributed by atoms with van der Waals surface area (Å²) in [6.07, 6.45) is 1.04. The Morgan fingerprint density at radius 3 is 2.63 bits per heavy atom. The summed E-state index contributed by atoms with van der Waals surface area (Å²) in [5, 5.41) is 18.2. The van der Waals surface area contributed by atoms with Gasteiger partial charge in [0.15, 0.2) is 0 Å². The van der Waals surface area contributed by atoms with E-state index in [0.29, 0.717) is 37.2 Å². The molecule has 0 aromatic heterocycles. The number of rotatable bonds is 2. The first-order chi connectivity index (χ1) is 8.96. The van der Waals surface area contributed by atoms with E-state index in [9.17, 15) is 14.3 Å². The summed E-state index contributed by atoms with van der Waals surface area (Å²) in [7, 11) is 0. The van der Waals surface area contributed by atoms with Gasteiger partial charge in [0.05, 0.1) is 16.7 Å². The van der Waals surface area contributed by atoms with Crippen molar-refractivity contribution in [1.29, 1.82) is 5.26 Å². The standard InChI is InChI=1S/C14H15FN2O2/c1-14(13(18)19)4-6-17(7-5-14)12-3-2-11(15)8-10(12)9-16/h2-3,8H,4-7H2,1H3,(H,18,19). The van der Waals surface area contributed by atoms with Gasteiger partial charge in [-0.3, -0.25) is 4.79 Å². The van der Waals surface area contributed by atoms with Crippen LogP contribution in [0.25, 0.3) is 0 Å². The topological polar surface area (TPSA) is 64.3 Å². The van der Waals surface area contributed by atoms with Crippen molar-refractivity contribution in [1.82, 2.24) is 0 Å². The molecule has 0 bridgehead atoms. The van der Waals surface area contributed by atoms with E-state index in [2.05, 4.69) is 0 Å². The number of anilines is 1. The molecule has 1 aliphatic heterocycles. The molecular formula is C14H15FN2O2. The van der Waals surface area contributed by atoms with Crippen LogP contribution in [-0.2, 0) is 4.79 Å². The molecule has 0 atom stereocenters. The number of aliphatic carboxylic acids is 1. The highest BCUT2D eigenvalue weighted by atomic mass is 19.1. The molecule has 0 spiro atoms. The van der Waals surface area contributed by atoms with Crippen molar-refractivity contribution in [3.05, 3.63) is 29.6 Å². The van der Waals surface area contributed by atoms with Gasteiger partial charge in [-0.25, -0.2) is 4.39 Å². The molecule has 1 heterocycles. The summed E-state index contributed by atoms with van der Waals surface area (Å²) in [5.74, 6) is -1.22. The first-order valence-electron chi connectivity index (χ1n) is 6.14. The Balaban J connectivity index is 2.19. The van der Waals surface area contributed by atoms with E-state index in [0.717, 1.165) is 0 Å². The van der Waals surface area contributed by atoms with E-state index in [4.69, 9.17) is 5.26 Å². The fourth-order valence-electron chi connectivity index (χ4n) is 2.33. The second kappa shape index (κ2) is 4.88. The third-order valence-electron chi connectivity index (χ3n) is 3.80. The van der Waals surface area contributed by atoms with E-state index in [1.54, 1.807) is 13.0 Å². The zero-order chi connectivity index (χ0) is 14.0. The normalized spacial score (nSPS) is 17.8. The summed E-state index contributed by atoms with van der Waals surface area (Å²) < 4.78 is 13.1. The first-order valence-corrected chi connectivity index (χ1v) is 6.14. The number of carboxylic acids is 1. The maximum Gasteiger partial charge on any atom is 0.309 e. The molecule has 1 aromatic rings. The van der Waals surface area contributed by atoms with Crippen LogP contribution in [0.4, 0.5) is 10.1 Å². The van der Waals surface area contributed by atoms with Gasteiger partial charge in [0, 0.05) is 13.1 Å². The molecule has 1 aliphatic rings. The lowest BCUT2D eigenvalue weighted by atomic mass is 9.80. The summed E-state index contributed by atoms with van der Waals surface area (Å²) in [6.45, 7) is 2.86. The number of hydrogen-bond donors (Lipinski definition) is 1. The Kier molecular flexibility index (Phi) is 3.43. The second-order valence-corrected chi connectivity index (χ2v) is 5.13. The minimum absolute atomic E-state index is 0.291. The SMILES string of the molecule is CC1(C(=O)O)CCN(c2ccc(F)cc2C#N)CC1. The number of piperidine rings is 1. The molecule has 1 N–H and O–H groups in total. The Bertz CT molecular complexity index is 543. The maximum atomic E-state index is 13.1. The van der Waals surface area contributed by atoms with Crippen molar-refractivity contribution in [2.75, 3.05) is 18.0 Å². The van der Waals surface area contributed by atoms with Gasteiger partial charge in [0.25, 0.3) is 0 Å². The Hall–Kier alpha value is -2.09. The van der Waals surface area contributed by atoms with Crippen molar-refractivity contribution >= 4 is 11.7 Å². The number of hydrogen-bond acceptors (Lipinski definition) is 3. The highest BCUT2D eigenvalue weighted by Crippen LogP contribution is 2.34. The quantitative estimate of drug-likeness (QED) is 0.888. The van der Waals surface area contributed by atoms with E-state index >= 15 is 0 Å². The number of benzene rings is 1. The van der Waals surface area contributed by atoms with Crippen molar-refractivity contribution < 1.29 is 14.3 Å². The molecule has 100 valence electrons. The van der Waals surface area contributed by atoms with Crippen LogP contribution in [0.5, 0.6) is 0 Å². The van der Waals surface area contributed by atoms with Gasteiger partial charge in [-0.1, -0.05) is 0 Å². The van der Waals surface area contributed by atoms with Gasteiger partial charge in [-0.2, -0.15) is 5.26 Å². The second-order valence-electron chi connectivity index (χ2n) is 5.13. The third-order valence-corrected chi connectivity index (χ3v) is 3.80. The Labute approximate surface area is 111 Å². The largest absolute Gasteiger partial charge is 0.481 e. The van der Waals surface area contributed by atoms with Crippen LogP contribution in [0.15, 0.2) is 18.2 Å². The van der Waals surface area contributed by atoms with Crippen LogP contribution in [0, 0.1) is 22.6 Å². The Morgan fingerprint density at radius 2 is 2.11 bits per heavy atom. The van der Waals surface area contributed by atoms with E-state index in [-0.39, 0.29) is 0 Å². The summed E-state index contributed by atoms with van der Waals surface area (Å²) in [4.78, 5) is 13.1. The minimum Gasteiger partial charge on any atom is -0.481 e. The molecule has 0 amide bonds. The van der Waals surface area contributed by atoms with Crippen LogP contribution in [-0.4, -0.2) is 24.2 Å². The van der Waals surface area contributed by atoms with Crippen molar-refractivity contribution in [3.8, 4) is 6.07 Å². The molecule has 0 unspecified atom stereocenters. The number of carbonyl (C=O) groups is 1. The average Bonchev–Trinajstić information content (AvgIpc) is 2.39. The zero-order valence-electron chi connectivity index (χ0n) is 10.7. The predicted molar refractivity (Wildman–Crippen MR) is 68.3 cm³/mol. The molecule has 4 nitrogen and oxygen atoms in total. The number of nitriles is 1. The van der Waals surface area contributed by atoms with Crippen LogP contribution in [0.1, 0.15) is 25.3 Å². The van der Waals surface area contributed by atoms with Gasteiger partial charge in [0.2, 0.25) is 0 Å². The lowest BCUT2D eigenvalue weighted by Crippen LogP contribution is -2.43. The van der Waals surface area contributed by atoms with Crippen LogP contribution >= 0.6 is 0 Å². The molecule has 19 heavy (non-hydrogen) atoms. The molecule has 2 rings (SSSR count). The van der Waals surface area contributed by atoms with Crippen molar-refractivity contribution in [2.24, 2.45) is 5.41 Å². The zero-order valence-corrected chi connectivity index (χ0v) is 10.7. The monoisotopic (exact) mass is 262 g/mol. The number of nitrogens with zero attached hydrogens (tertiary/aromatic N) is 2. The maximum absolute atomic E-state index is 13.1. The van der Waals surface area contributed by atoms with Gasteiger partial charge < -0.3 is 10.0 Å². The van der Waals surface area contributed by atoms with Crippen LogP contribution in [0.3, 0.4) is 0 Å². The molecule has 0 aliphatic carbocycles. The smallest absolute Gasteiger partial charge is 0.309 e. The summed E-state index contributed by atoms with van der Waals surface area (Å²) >= 11 is 0. The molecular weight excluding hydrogens is 247 g/mol. The van der Waals surface area contributed by atoms with Gasteiger partial charge >= 0.3 is 5.97 Å². The fraction of sp³-hybridized carbons (Fsp3) is 0.429. The van der Waals surface area contributed by atoms with Crippen LogP contribution < -0.4 is 4.90 Å². The minimum atomic E-state index is -0.785. The first kappa shape index (κ1) is 13.3. The highest BCUT2D eigenvalue weighted by Gasteiger charge is 2.37. The summed E-state index contributed by atoms with van der Waals surface area (Å²) in [6, 6.07) is 6.09. The Morgan fingerprint density at radius 1 is 1.47 bits per heavy atom. The average molecular weight is 262 g/mol.